The minimum Gasteiger partial charge on any atom is -0.307 e. The molecule has 0 bridgehead atoms. The van der Waals surface area contributed by atoms with Crippen LogP contribution in [0.4, 0.5) is 0 Å². The minimum absolute atomic E-state index is 0.466. The topological polar surface area (TPSA) is 12.0 Å². The summed E-state index contributed by atoms with van der Waals surface area (Å²) in [4.78, 5) is 1.35. The molecule has 1 fully saturated rings. The molecule has 0 heterocycles. The van der Waals surface area contributed by atoms with Gasteiger partial charge in [0.25, 0.3) is 0 Å². The molecule has 0 radical (unpaired) electrons. The molecule has 0 aromatic heterocycles. The van der Waals surface area contributed by atoms with Crippen LogP contribution in [0.3, 0.4) is 0 Å². The third-order valence-corrected chi connectivity index (χ3v) is 5.26. The van der Waals surface area contributed by atoms with Gasteiger partial charge in [0.1, 0.15) is 0 Å². The molecule has 2 rings (SSSR count). The average molecular weight is 277 g/mol. The molecule has 1 saturated carbocycles. The number of benzene rings is 1. The van der Waals surface area contributed by atoms with Crippen LogP contribution in [0.5, 0.6) is 0 Å². The molecular formula is C17H27NS. The van der Waals surface area contributed by atoms with Crippen molar-refractivity contribution < 1.29 is 0 Å². The van der Waals surface area contributed by atoms with E-state index in [-0.39, 0.29) is 0 Å². The van der Waals surface area contributed by atoms with Gasteiger partial charge in [-0.05, 0) is 49.6 Å². The summed E-state index contributed by atoms with van der Waals surface area (Å²) in [6.45, 7) is 4.64. The zero-order valence-electron chi connectivity index (χ0n) is 12.5. The molecule has 1 aliphatic rings. The maximum Gasteiger partial charge on any atom is 0.0294 e. The Kier molecular flexibility index (Phi) is 5.77. The van der Waals surface area contributed by atoms with Crippen LogP contribution in [0.25, 0.3) is 0 Å². The monoisotopic (exact) mass is 277 g/mol. The fourth-order valence-corrected chi connectivity index (χ4v) is 3.63. The van der Waals surface area contributed by atoms with Gasteiger partial charge in [0.05, 0.1) is 0 Å². The van der Waals surface area contributed by atoms with Crippen molar-refractivity contribution >= 4 is 11.8 Å². The van der Waals surface area contributed by atoms with E-state index in [1.165, 1.54) is 42.6 Å². The molecule has 2 heteroatoms. The van der Waals surface area contributed by atoms with Crippen LogP contribution >= 0.6 is 11.8 Å². The van der Waals surface area contributed by atoms with Crippen LogP contribution < -0.4 is 5.32 Å². The molecular weight excluding hydrogens is 250 g/mol. The number of hydrogen-bond acceptors (Lipinski definition) is 2. The van der Waals surface area contributed by atoms with Crippen molar-refractivity contribution in [2.75, 3.05) is 6.26 Å². The molecule has 0 saturated heterocycles. The summed E-state index contributed by atoms with van der Waals surface area (Å²) in [7, 11) is 0. The highest BCUT2D eigenvalue weighted by molar-refractivity contribution is 7.98. The lowest BCUT2D eigenvalue weighted by atomic mass is 9.82. The van der Waals surface area contributed by atoms with Gasteiger partial charge in [-0.2, -0.15) is 0 Å². The summed E-state index contributed by atoms with van der Waals surface area (Å²) in [5.41, 5.74) is 1.42. The average Bonchev–Trinajstić information content (AvgIpc) is 2.48. The summed E-state index contributed by atoms with van der Waals surface area (Å²) >= 11 is 1.81. The molecule has 1 nitrogen and oxygen atoms in total. The minimum atomic E-state index is 0.466. The number of rotatable bonds is 5. The Labute approximate surface area is 122 Å². The Morgan fingerprint density at radius 2 is 1.89 bits per heavy atom. The summed E-state index contributed by atoms with van der Waals surface area (Å²) in [5, 5.41) is 3.87. The van der Waals surface area contributed by atoms with Gasteiger partial charge in [-0.15, -0.1) is 11.8 Å². The van der Waals surface area contributed by atoms with Crippen molar-refractivity contribution in [3.63, 3.8) is 0 Å². The standard InChI is InChI=1S/C17H27NS/c1-4-14-7-5-6-8-17(14)18-13(2)15-9-11-16(19-3)12-10-15/h9-14,17-18H,4-8H2,1-3H3. The fraction of sp³-hybridized carbons (Fsp3) is 0.647. The Morgan fingerprint density at radius 3 is 2.53 bits per heavy atom. The molecule has 1 aromatic carbocycles. The predicted molar refractivity (Wildman–Crippen MR) is 85.8 cm³/mol. The van der Waals surface area contributed by atoms with Crippen molar-refractivity contribution in [3.05, 3.63) is 29.8 Å². The molecule has 0 spiro atoms. The molecule has 1 N–H and O–H groups in total. The van der Waals surface area contributed by atoms with Crippen LogP contribution in [0, 0.1) is 5.92 Å². The maximum absolute atomic E-state index is 3.87. The normalized spacial score (nSPS) is 25.2. The van der Waals surface area contributed by atoms with Crippen molar-refractivity contribution in [1.29, 1.82) is 0 Å². The second-order valence-corrected chi connectivity index (χ2v) is 6.60. The van der Waals surface area contributed by atoms with Gasteiger partial charge in [0, 0.05) is 17.0 Å². The molecule has 3 unspecified atom stereocenters. The zero-order chi connectivity index (χ0) is 13.7. The van der Waals surface area contributed by atoms with Gasteiger partial charge in [-0.3, -0.25) is 0 Å². The molecule has 3 atom stereocenters. The predicted octanol–water partition coefficient (Wildman–Crippen LogP) is 5.03. The lowest BCUT2D eigenvalue weighted by Crippen LogP contribution is -2.39. The van der Waals surface area contributed by atoms with E-state index in [1.807, 2.05) is 11.8 Å². The molecule has 1 aliphatic carbocycles. The van der Waals surface area contributed by atoms with Crippen LogP contribution in [0.2, 0.25) is 0 Å². The van der Waals surface area contributed by atoms with E-state index >= 15 is 0 Å². The quantitative estimate of drug-likeness (QED) is 0.758. The van der Waals surface area contributed by atoms with E-state index in [4.69, 9.17) is 0 Å². The van der Waals surface area contributed by atoms with Crippen molar-refractivity contribution in [2.24, 2.45) is 5.92 Å². The lowest BCUT2D eigenvalue weighted by Gasteiger charge is -2.34. The first-order chi connectivity index (χ1) is 9.24. The SMILES string of the molecule is CCC1CCCCC1NC(C)c1ccc(SC)cc1. The number of hydrogen-bond donors (Lipinski definition) is 1. The Hall–Kier alpha value is -0.470. The van der Waals surface area contributed by atoms with E-state index in [2.05, 4.69) is 49.7 Å². The van der Waals surface area contributed by atoms with Crippen LogP contribution in [0.15, 0.2) is 29.2 Å². The van der Waals surface area contributed by atoms with E-state index in [0.29, 0.717) is 12.1 Å². The third kappa shape index (κ3) is 4.00. The first-order valence-electron chi connectivity index (χ1n) is 7.64. The van der Waals surface area contributed by atoms with Crippen LogP contribution in [-0.4, -0.2) is 12.3 Å². The second-order valence-electron chi connectivity index (χ2n) is 5.72. The summed E-state index contributed by atoms with van der Waals surface area (Å²) in [5.74, 6) is 0.877. The smallest absolute Gasteiger partial charge is 0.0294 e. The largest absolute Gasteiger partial charge is 0.307 e. The highest BCUT2D eigenvalue weighted by Crippen LogP contribution is 2.29. The van der Waals surface area contributed by atoms with Crippen LogP contribution in [0.1, 0.15) is 57.6 Å². The van der Waals surface area contributed by atoms with Gasteiger partial charge < -0.3 is 5.32 Å². The first kappa shape index (κ1) is 14.9. The Balaban J connectivity index is 1.96. The van der Waals surface area contributed by atoms with Gasteiger partial charge >= 0.3 is 0 Å². The highest BCUT2D eigenvalue weighted by atomic mass is 32.2. The van der Waals surface area contributed by atoms with Gasteiger partial charge in [-0.25, -0.2) is 0 Å². The van der Waals surface area contributed by atoms with E-state index in [9.17, 15) is 0 Å². The van der Waals surface area contributed by atoms with Gasteiger partial charge in [0.15, 0.2) is 0 Å². The Bertz CT molecular complexity index is 373. The lowest BCUT2D eigenvalue weighted by molar-refractivity contribution is 0.240. The van der Waals surface area contributed by atoms with Crippen molar-refractivity contribution in [2.45, 2.75) is 62.9 Å². The fourth-order valence-electron chi connectivity index (χ4n) is 3.23. The molecule has 106 valence electrons. The number of nitrogens with one attached hydrogen (secondary N) is 1. The Morgan fingerprint density at radius 1 is 1.21 bits per heavy atom. The van der Waals surface area contributed by atoms with Crippen molar-refractivity contribution in [1.82, 2.24) is 5.32 Å². The summed E-state index contributed by atoms with van der Waals surface area (Å²) in [6, 6.07) is 10.2. The molecule has 0 aliphatic heterocycles. The maximum atomic E-state index is 3.87. The third-order valence-electron chi connectivity index (χ3n) is 4.51. The van der Waals surface area contributed by atoms with E-state index in [1.54, 1.807) is 0 Å². The van der Waals surface area contributed by atoms with E-state index in [0.717, 1.165) is 5.92 Å². The highest BCUT2D eigenvalue weighted by Gasteiger charge is 2.24. The first-order valence-corrected chi connectivity index (χ1v) is 8.87. The zero-order valence-corrected chi connectivity index (χ0v) is 13.3. The molecule has 1 aromatic rings. The van der Waals surface area contributed by atoms with Gasteiger partial charge in [0.2, 0.25) is 0 Å². The molecule has 0 amide bonds. The van der Waals surface area contributed by atoms with Gasteiger partial charge in [-0.1, -0.05) is 38.3 Å². The van der Waals surface area contributed by atoms with Crippen LogP contribution in [-0.2, 0) is 0 Å². The van der Waals surface area contributed by atoms with Crippen molar-refractivity contribution in [3.8, 4) is 0 Å². The number of thioether (sulfide) groups is 1. The summed E-state index contributed by atoms with van der Waals surface area (Å²) in [6.07, 6.45) is 9.03. The second kappa shape index (κ2) is 7.35. The van der Waals surface area contributed by atoms with E-state index < -0.39 is 0 Å². The summed E-state index contributed by atoms with van der Waals surface area (Å²) < 4.78 is 0. The molecule has 19 heavy (non-hydrogen) atoms.